The number of halogens is 1. The minimum absolute atomic E-state index is 0.115. The highest BCUT2D eigenvalue weighted by Crippen LogP contribution is 2.26. The maximum absolute atomic E-state index is 12.3. The van der Waals surface area contributed by atoms with Crippen LogP contribution in [0.1, 0.15) is 35.7 Å². The number of carbonyl (C=O) groups is 2. The van der Waals surface area contributed by atoms with Crippen LogP contribution in [0.3, 0.4) is 0 Å². The molecule has 156 valence electrons. The lowest BCUT2D eigenvalue weighted by molar-refractivity contribution is -0.113. The van der Waals surface area contributed by atoms with Gasteiger partial charge in [0.05, 0.1) is 11.3 Å². The first kappa shape index (κ1) is 22.5. The Kier molecular flexibility index (Phi) is 8.41. The summed E-state index contributed by atoms with van der Waals surface area (Å²) in [6, 6.07) is 15.1. The molecule has 2 aromatic carbocycles. The first-order valence-electron chi connectivity index (χ1n) is 9.46. The third-order valence-corrected chi connectivity index (χ3v) is 6.79. The number of anilines is 2. The molecule has 0 spiro atoms. The molecule has 3 aromatic rings. The molecule has 0 bridgehead atoms. The van der Waals surface area contributed by atoms with Crippen molar-refractivity contribution in [3.05, 3.63) is 64.1 Å². The van der Waals surface area contributed by atoms with Crippen LogP contribution in [0.15, 0.2) is 57.3 Å². The van der Waals surface area contributed by atoms with E-state index in [1.165, 1.54) is 28.7 Å². The van der Waals surface area contributed by atoms with Gasteiger partial charge in [0.2, 0.25) is 11.0 Å². The number of aromatic nitrogens is 2. The zero-order valence-electron chi connectivity index (χ0n) is 16.4. The molecule has 30 heavy (non-hydrogen) atoms. The molecule has 0 saturated carbocycles. The van der Waals surface area contributed by atoms with Crippen LogP contribution in [0.2, 0.25) is 0 Å². The second kappa shape index (κ2) is 11.2. The molecular formula is C21H21BrN4O2S2. The molecule has 0 aliphatic rings. The Morgan fingerprint density at radius 1 is 1.07 bits per heavy atom. The second-order valence-electron chi connectivity index (χ2n) is 6.44. The number of thioether (sulfide) groups is 1. The Labute approximate surface area is 192 Å². The fraction of sp³-hybridized carbons (Fsp3) is 0.238. The Morgan fingerprint density at radius 2 is 1.83 bits per heavy atom. The summed E-state index contributed by atoms with van der Waals surface area (Å²) in [6.45, 7) is 2.17. The summed E-state index contributed by atoms with van der Waals surface area (Å²) in [5.74, 6) is -0.171. The van der Waals surface area contributed by atoms with Gasteiger partial charge >= 0.3 is 0 Å². The van der Waals surface area contributed by atoms with Crippen LogP contribution in [0.4, 0.5) is 10.8 Å². The number of unbranched alkanes of at least 4 members (excludes halogenated alkanes) is 1. The van der Waals surface area contributed by atoms with Gasteiger partial charge in [-0.3, -0.25) is 14.9 Å². The van der Waals surface area contributed by atoms with Crippen molar-refractivity contribution in [2.75, 3.05) is 16.4 Å². The van der Waals surface area contributed by atoms with Crippen LogP contribution < -0.4 is 10.6 Å². The monoisotopic (exact) mass is 504 g/mol. The lowest BCUT2D eigenvalue weighted by atomic mass is 10.1. The van der Waals surface area contributed by atoms with Crippen molar-refractivity contribution in [2.45, 2.75) is 30.5 Å². The quantitative estimate of drug-likeness (QED) is 0.291. The molecule has 1 heterocycles. The van der Waals surface area contributed by atoms with Crippen molar-refractivity contribution in [3.63, 3.8) is 0 Å². The van der Waals surface area contributed by atoms with E-state index < -0.39 is 0 Å². The third-order valence-electron chi connectivity index (χ3n) is 4.13. The SMILES string of the molecule is CCCCc1ccc(NC(=O)CSc2nnc(NC(=O)c3ccccc3Br)s2)cc1. The average Bonchev–Trinajstić information content (AvgIpc) is 3.19. The Hall–Kier alpha value is -2.23. The zero-order valence-corrected chi connectivity index (χ0v) is 19.6. The van der Waals surface area contributed by atoms with Crippen molar-refractivity contribution in [2.24, 2.45) is 0 Å². The van der Waals surface area contributed by atoms with Gasteiger partial charge < -0.3 is 5.32 Å². The van der Waals surface area contributed by atoms with Crippen molar-refractivity contribution in [1.29, 1.82) is 0 Å². The second-order valence-corrected chi connectivity index (χ2v) is 9.50. The van der Waals surface area contributed by atoms with E-state index >= 15 is 0 Å². The van der Waals surface area contributed by atoms with Crippen molar-refractivity contribution in [1.82, 2.24) is 10.2 Å². The first-order chi connectivity index (χ1) is 14.5. The summed E-state index contributed by atoms with van der Waals surface area (Å²) in [4.78, 5) is 24.5. The Balaban J connectivity index is 1.47. The van der Waals surface area contributed by atoms with E-state index in [0.717, 1.165) is 24.9 Å². The van der Waals surface area contributed by atoms with E-state index in [0.29, 0.717) is 19.5 Å². The number of hydrogen-bond donors (Lipinski definition) is 2. The highest BCUT2D eigenvalue weighted by atomic mass is 79.9. The van der Waals surface area contributed by atoms with E-state index in [4.69, 9.17) is 0 Å². The molecule has 0 aliphatic heterocycles. The Morgan fingerprint density at radius 3 is 2.57 bits per heavy atom. The standard InChI is InChI=1S/C21H21BrN4O2S2/c1-2-3-6-14-9-11-15(12-10-14)23-18(27)13-29-21-26-25-20(30-21)24-19(28)16-7-4-5-8-17(16)22/h4-5,7-12H,2-3,6,13H2,1H3,(H,23,27)(H,24,25,28). The Bertz CT molecular complexity index is 1010. The number of rotatable bonds is 9. The summed E-state index contributed by atoms with van der Waals surface area (Å²) in [7, 11) is 0. The van der Waals surface area contributed by atoms with E-state index in [1.54, 1.807) is 18.2 Å². The lowest BCUT2D eigenvalue weighted by Gasteiger charge is -2.06. The number of nitrogens with one attached hydrogen (secondary N) is 2. The topological polar surface area (TPSA) is 84.0 Å². The predicted octanol–water partition coefficient (Wildman–Crippen LogP) is 5.63. The molecule has 0 unspecified atom stereocenters. The third kappa shape index (κ3) is 6.65. The number of nitrogens with zero attached hydrogens (tertiary/aromatic N) is 2. The molecule has 9 heteroatoms. The molecule has 0 radical (unpaired) electrons. The van der Waals surface area contributed by atoms with Gasteiger partial charge in [-0.05, 0) is 58.6 Å². The van der Waals surface area contributed by atoms with Crippen molar-refractivity contribution < 1.29 is 9.59 Å². The summed E-state index contributed by atoms with van der Waals surface area (Å²) < 4.78 is 1.32. The maximum atomic E-state index is 12.3. The van der Waals surface area contributed by atoms with Crippen molar-refractivity contribution in [3.8, 4) is 0 Å². The van der Waals surface area contributed by atoms with E-state index in [2.05, 4.69) is 43.7 Å². The predicted molar refractivity (Wildman–Crippen MR) is 126 cm³/mol. The zero-order chi connectivity index (χ0) is 21.3. The smallest absolute Gasteiger partial charge is 0.258 e. The van der Waals surface area contributed by atoms with Crippen LogP contribution >= 0.6 is 39.0 Å². The molecule has 6 nitrogen and oxygen atoms in total. The summed E-state index contributed by atoms with van der Waals surface area (Å²) in [5, 5.41) is 14.0. The van der Waals surface area contributed by atoms with E-state index in [-0.39, 0.29) is 17.6 Å². The summed E-state index contributed by atoms with van der Waals surface area (Å²) in [6.07, 6.45) is 3.38. The normalized spacial score (nSPS) is 10.6. The number of amides is 2. The van der Waals surface area contributed by atoms with Gasteiger partial charge in [-0.2, -0.15) is 0 Å². The lowest BCUT2D eigenvalue weighted by Crippen LogP contribution is -2.13. The molecule has 0 aliphatic carbocycles. The van der Waals surface area contributed by atoms with Gasteiger partial charge in [0.15, 0.2) is 4.34 Å². The minimum Gasteiger partial charge on any atom is -0.325 e. The summed E-state index contributed by atoms with van der Waals surface area (Å²) >= 11 is 5.87. The number of hydrogen-bond acceptors (Lipinski definition) is 6. The number of carbonyl (C=O) groups excluding carboxylic acids is 2. The maximum Gasteiger partial charge on any atom is 0.258 e. The molecule has 1 aromatic heterocycles. The van der Waals surface area contributed by atoms with Gasteiger partial charge in [0.1, 0.15) is 0 Å². The van der Waals surface area contributed by atoms with Gasteiger partial charge in [0.25, 0.3) is 5.91 Å². The number of benzene rings is 2. The van der Waals surface area contributed by atoms with Crippen LogP contribution in [0, 0.1) is 0 Å². The fourth-order valence-electron chi connectivity index (χ4n) is 2.59. The van der Waals surface area contributed by atoms with Crippen LogP contribution in [-0.4, -0.2) is 27.8 Å². The molecule has 0 fully saturated rings. The first-order valence-corrected chi connectivity index (χ1v) is 12.1. The van der Waals surface area contributed by atoms with Gasteiger partial charge in [-0.1, -0.05) is 60.7 Å². The van der Waals surface area contributed by atoms with E-state index in [1.807, 2.05) is 30.3 Å². The summed E-state index contributed by atoms with van der Waals surface area (Å²) in [5.41, 5.74) is 2.57. The molecule has 3 rings (SSSR count). The van der Waals surface area contributed by atoms with Crippen LogP contribution in [0.5, 0.6) is 0 Å². The highest BCUT2D eigenvalue weighted by molar-refractivity contribution is 9.10. The van der Waals surface area contributed by atoms with Crippen LogP contribution in [0.25, 0.3) is 0 Å². The highest BCUT2D eigenvalue weighted by Gasteiger charge is 2.13. The molecule has 2 N–H and O–H groups in total. The molecule has 0 atom stereocenters. The molecular weight excluding hydrogens is 484 g/mol. The van der Waals surface area contributed by atoms with Crippen molar-refractivity contribution >= 4 is 61.7 Å². The van der Waals surface area contributed by atoms with Gasteiger partial charge in [-0.15, -0.1) is 10.2 Å². The fourth-order valence-corrected chi connectivity index (χ4v) is 4.60. The largest absolute Gasteiger partial charge is 0.325 e. The van der Waals surface area contributed by atoms with E-state index in [9.17, 15) is 9.59 Å². The molecule has 0 saturated heterocycles. The van der Waals surface area contributed by atoms with Crippen LogP contribution in [-0.2, 0) is 11.2 Å². The number of aryl methyl sites for hydroxylation is 1. The molecule has 2 amide bonds. The average molecular weight is 505 g/mol. The van der Waals surface area contributed by atoms with Gasteiger partial charge in [-0.25, -0.2) is 0 Å². The minimum atomic E-state index is -0.268. The van der Waals surface area contributed by atoms with Gasteiger partial charge in [0, 0.05) is 10.2 Å².